The van der Waals surface area contributed by atoms with E-state index in [9.17, 15) is 23.6 Å². The highest BCUT2D eigenvalue weighted by atomic mass is 32.2. The van der Waals surface area contributed by atoms with Crippen molar-refractivity contribution in [2.24, 2.45) is 0 Å². The van der Waals surface area contributed by atoms with E-state index in [4.69, 9.17) is 0 Å². The predicted octanol–water partition coefficient (Wildman–Crippen LogP) is 1.13. The number of hydrogen-bond acceptors (Lipinski definition) is 6. The van der Waals surface area contributed by atoms with Gasteiger partial charge in [-0.3, -0.25) is 19.9 Å². The lowest BCUT2D eigenvalue weighted by atomic mass is 10.3. The number of nitro groups is 1. The van der Waals surface area contributed by atoms with E-state index in [0.29, 0.717) is 5.69 Å². The summed E-state index contributed by atoms with van der Waals surface area (Å²) >= 11 is 0. The number of H-pyrrole nitrogens is 1. The quantitative estimate of drug-likeness (QED) is 0.571. The number of nitrogens with one attached hydrogen (secondary N) is 2. The molecular weight excluding hydrogens is 288 g/mol. The zero-order valence-electron chi connectivity index (χ0n) is 10.2. The minimum Gasteiger partial charge on any atom is -0.502 e. The molecule has 0 saturated heterocycles. The molecule has 0 fully saturated rings. The highest BCUT2D eigenvalue weighted by Crippen LogP contribution is 2.28. The molecule has 2 aromatic rings. The first-order chi connectivity index (χ1) is 9.29. The highest BCUT2D eigenvalue weighted by Gasteiger charge is 2.21. The first kappa shape index (κ1) is 13.8. The summed E-state index contributed by atoms with van der Waals surface area (Å²) in [6, 6.07) is 4.25. The normalized spacial score (nSPS) is 11.2. The van der Waals surface area contributed by atoms with Crippen LogP contribution in [0.4, 0.5) is 11.5 Å². The molecule has 0 saturated carbocycles. The number of aromatic nitrogens is 2. The first-order valence-corrected chi connectivity index (χ1v) is 6.80. The van der Waals surface area contributed by atoms with Gasteiger partial charge in [-0.05, 0) is 19.1 Å². The monoisotopic (exact) mass is 298 g/mol. The number of aryl methyl sites for hydroxylation is 1. The Hall–Kier alpha value is -2.62. The van der Waals surface area contributed by atoms with Gasteiger partial charge in [-0.15, -0.1) is 0 Å². The molecule has 10 heteroatoms. The van der Waals surface area contributed by atoms with Gasteiger partial charge in [-0.2, -0.15) is 5.10 Å². The molecule has 0 aliphatic heterocycles. The summed E-state index contributed by atoms with van der Waals surface area (Å²) in [4.78, 5) is 9.46. The van der Waals surface area contributed by atoms with Crippen LogP contribution in [-0.4, -0.2) is 28.6 Å². The van der Waals surface area contributed by atoms with Gasteiger partial charge in [0.1, 0.15) is 0 Å². The second-order valence-electron chi connectivity index (χ2n) is 3.95. The summed E-state index contributed by atoms with van der Waals surface area (Å²) in [6.45, 7) is 1.69. The van der Waals surface area contributed by atoms with Crippen molar-refractivity contribution in [3.8, 4) is 5.75 Å². The Morgan fingerprint density at radius 3 is 2.65 bits per heavy atom. The lowest BCUT2D eigenvalue weighted by molar-refractivity contribution is -0.386. The third-order valence-electron chi connectivity index (χ3n) is 2.40. The van der Waals surface area contributed by atoms with Crippen LogP contribution in [0.2, 0.25) is 0 Å². The van der Waals surface area contributed by atoms with Crippen LogP contribution in [0.25, 0.3) is 0 Å². The fourth-order valence-corrected chi connectivity index (χ4v) is 2.50. The van der Waals surface area contributed by atoms with E-state index in [1.165, 1.54) is 6.07 Å². The van der Waals surface area contributed by atoms with Crippen molar-refractivity contribution in [1.82, 2.24) is 10.2 Å². The smallest absolute Gasteiger partial charge is 0.312 e. The van der Waals surface area contributed by atoms with Crippen molar-refractivity contribution in [2.45, 2.75) is 11.8 Å². The molecule has 3 N–H and O–H groups in total. The summed E-state index contributed by atoms with van der Waals surface area (Å²) in [5.74, 6) is -0.539. The fraction of sp³-hybridized carbons (Fsp3) is 0.100. The van der Waals surface area contributed by atoms with Crippen molar-refractivity contribution in [1.29, 1.82) is 0 Å². The topological polar surface area (TPSA) is 138 Å². The summed E-state index contributed by atoms with van der Waals surface area (Å²) in [5, 5.41) is 26.2. The number of aromatic hydroxyl groups is 1. The number of aromatic amines is 1. The van der Waals surface area contributed by atoms with E-state index in [1.807, 2.05) is 0 Å². The van der Waals surface area contributed by atoms with Crippen LogP contribution in [0.5, 0.6) is 5.75 Å². The molecule has 1 heterocycles. The maximum atomic E-state index is 12.0. The number of phenolic OH excluding ortho intramolecular Hbond substituents is 1. The molecule has 0 bridgehead atoms. The molecule has 9 nitrogen and oxygen atoms in total. The Labute approximate surface area is 113 Å². The number of hydrogen-bond donors (Lipinski definition) is 3. The zero-order chi connectivity index (χ0) is 14.9. The molecule has 0 amide bonds. The van der Waals surface area contributed by atoms with Crippen molar-refractivity contribution in [3.05, 3.63) is 40.1 Å². The molecule has 106 valence electrons. The predicted molar refractivity (Wildman–Crippen MR) is 68.9 cm³/mol. The van der Waals surface area contributed by atoms with Gasteiger partial charge >= 0.3 is 5.69 Å². The SMILES string of the molecule is Cc1cc(NS(=O)(=O)c2ccc(O)c([N+](=O)[O-])c2)n[nH]1. The Kier molecular flexibility index (Phi) is 3.32. The number of sulfonamides is 1. The van der Waals surface area contributed by atoms with E-state index in [0.717, 1.165) is 18.2 Å². The second kappa shape index (κ2) is 4.81. The molecule has 0 atom stereocenters. The summed E-state index contributed by atoms with van der Waals surface area (Å²) in [6.07, 6.45) is 0. The van der Waals surface area contributed by atoms with E-state index in [2.05, 4.69) is 14.9 Å². The number of nitrogens with zero attached hydrogens (tertiary/aromatic N) is 2. The number of benzene rings is 1. The summed E-state index contributed by atoms with van der Waals surface area (Å²) < 4.78 is 26.2. The van der Waals surface area contributed by atoms with Gasteiger partial charge in [-0.1, -0.05) is 0 Å². The first-order valence-electron chi connectivity index (χ1n) is 5.32. The van der Waals surface area contributed by atoms with E-state index in [-0.39, 0.29) is 10.7 Å². The van der Waals surface area contributed by atoms with Crippen LogP contribution in [0.3, 0.4) is 0 Å². The Morgan fingerprint density at radius 1 is 1.40 bits per heavy atom. The van der Waals surface area contributed by atoms with Crippen LogP contribution in [0, 0.1) is 17.0 Å². The molecule has 1 aromatic carbocycles. The lowest BCUT2D eigenvalue weighted by Gasteiger charge is -2.05. The highest BCUT2D eigenvalue weighted by molar-refractivity contribution is 7.92. The van der Waals surface area contributed by atoms with Gasteiger partial charge in [0.2, 0.25) is 0 Å². The van der Waals surface area contributed by atoms with Crippen molar-refractivity contribution in [2.75, 3.05) is 4.72 Å². The average Bonchev–Trinajstić information content (AvgIpc) is 2.73. The van der Waals surface area contributed by atoms with Gasteiger partial charge in [0.25, 0.3) is 10.0 Å². The van der Waals surface area contributed by atoms with E-state index in [1.54, 1.807) is 6.92 Å². The Morgan fingerprint density at radius 2 is 2.10 bits per heavy atom. The molecule has 0 radical (unpaired) electrons. The number of rotatable bonds is 4. The second-order valence-corrected chi connectivity index (χ2v) is 5.63. The largest absolute Gasteiger partial charge is 0.502 e. The third-order valence-corrected chi connectivity index (χ3v) is 3.75. The molecule has 20 heavy (non-hydrogen) atoms. The minimum absolute atomic E-state index is 0.0678. The minimum atomic E-state index is -4.02. The zero-order valence-corrected chi connectivity index (χ0v) is 11.0. The van der Waals surface area contributed by atoms with E-state index >= 15 is 0 Å². The van der Waals surface area contributed by atoms with Crippen molar-refractivity contribution < 1.29 is 18.4 Å². The number of phenols is 1. The molecule has 0 aliphatic carbocycles. The summed E-state index contributed by atoms with van der Waals surface area (Å²) in [7, 11) is -4.02. The maximum Gasteiger partial charge on any atom is 0.312 e. The van der Waals surface area contributed by atoms with Crippen LogP contribution in [0.1, 0.15) is 5.69 Å². The molecule has 2 rings (SSSR count). The van der Waals surface area contributed by atoms with Crippen LogP contribution in [-0.2, 0) is 10.0 Å². The maximum absolute atomic E-state index is 12.0. The van der Waals surface area contributed by atoms with Crippen molar-refractivity contribution in [3.63, 3.8) is 0 Å². The Balaban J connectivity index is 2.39. The van der Waals surface area contributed by atoms with Crippen LogP contribution in [0.15, 0.2) is 29.2 Å². The Bertz CT molecular complexity index is 768. The van der Waals surface area contributed by atoms with Crippen LogP contribution >= 0.6 is 0 Å². The van der Waals surface area contributed by atoms with Crippen molar-refractivity contribution >= 4 is 21.5 Å². The lowest BCUT2D eigenvalue weighted by Crippen LogP contribution is -2.13. The molecule has 0 unspecified atom stereocenters. The number of anilines is 1. The van der Waals surface area contributed by atoms with Gasteiger partial charge in [-0.25, -0.2) is 8.42 Å². The van der Waals surface area contributed by atoms with Gasteiger partial charge in [0, 0.05) is 17.8 Å². The number of nitro benzene ring substituents is 1. The van der Waals surface area contributed by atoms with Crippen LogP contribution < -0.4 is 4.72 Å². The van der Waals surface area contributed by atoms with E-state index < -0.39 is 26.4 Å². The molecule has 0 spiro atoms. The fourth-order valence-electron chi connectivity index (χ4n) is 1.48. The van der Waals surface area contributed by atoms with Gasteiger partial charge in [0.05, 0.1) is 9.82 Å². The summed E-state index contributed by atoms with van der Waals surface area (Å²) in [5.41, 5.74) is -0.0366. The standard InChI is InChI=1S/C10H10N4O5S/c1-6-4-10(12-11-6)13-20(18,19)7-2-3-9(15)8(5-7)14(16)17/h2-5,15H,1H3,(H2,11,12,13). The van der Waals surface area contributed by atoms with Gasteiger partial charge in [0.15, 0.2) is 11.6 Å². The third kappa shape index (κ3) is 2.69. The average molecular weight is 298 g/mol. The van der Waals surface area contributed by atoms with Gasteiger partial charge < -0.3 is 5.11 Å². The molecule has 0 aliphatic rings. The molecule has 1 aromatic heterocycles. The molecular formula is C10H10N4O5S.